The lowest BCUT2D eigenvalue weighted by Crippen LogP contribution is -2.15. The first-order valence-electron chi connectivity index (χ1n) is 4.80. The third-order valence-electron chi connectivity index (χ3n) is 2.23. The zero-order valence-electron chi connectivity index (χ0n) is 8.55. The molecule has 0 unspecified atom stereocenters. The topological polar surface area (TPSA) is 82.0 Å². The Kier molecular flexibility index (Phi) is 2.55. The number of aromatic nitrogens is 1. The number of nitrogen functional groups attached to an aromatic ring is 1. The Hall–Kier alpha value is -2.36. The van der Waals surface area contributed by atoms with Crippen molar-refractivity contribution in [3.8, 4) is 11.1 Å². The summed E-state index contributed by atoms with van der Waals surface area (Å²) < 4.78 is 0. The number of pyridine rings is 1. The maximum absolute atomic E-state index is 11.3. The molecular weight excluding hydrogens is 202 g/mol. The normalized spacial score (nSPS) is 10.0. The number of anilines is 1. The highest BCUT2D eigenvalue weighted by molar-refractivity contribution is 5.98. The van der Waals surface area contributed by atoms with E-state index in [1.54, 1.807) is 12.1 Å². The molecule has 1 heterocycles. The smallest absolute Gasteiger partial charge is 0.268 e. The van der Waals surface area contributed by atoms with E-state index < -0.39 is 5.91 Å². The summed E-state index contributed by atoms with van der Waals surface area (Å²) in [6.45, 7) is 0. The minimum Gasteiger partial charge on any atom is -0.384 e. The summed E-state index contributed by atoms with van der Waals surface area (Å²) in [5, 5.41) is 0. The Labute approximate surface area is 92.9 Å². The van der Waals surface area contributed by atoms with Gasteiger partial charge in [0.25, 0.3) is 5.91 Å². The third-order valence-corrected chi connectivity index (χ3v) is 2.23. The minimum absolute atomic E-state index is 0.200. The van der Waals surface area contributed by atoms with E-state index in [0.29, 0.717) is 5.56 Å². The Bertz CT molecular complexity index is 523. The maximum Gasteiger partial charge on any atom is 0.268 e. The summed E-state index contributed by atoms with van der Waals surface area (Å²) in [6.07, 6.45) is 0. The Morgan fingerprint density at radius 2 is 1.75 bits per heavy atom. The minimum atomic E-state index is -0.578. The van der Waals surface area contributed by atoms with E-state index in [1.807, 2.05) is 30.3 Å². The monoisotopic (exact) mass is 213 g/mol. The lowest BCUT2D eigenvalue weighted by Gasteiger charge is -2.06. The molecule has 4 nitrogen and oxygen atoms in total. The fourth-order valence-electron chi connectivity index (χ4n) is 1.51. The van der Waals surface area contributed by atoms with Crippen LogP contribution in [0.2, 0.25) is 0 Å². The number of carbonyl (C=O) groups is 1. The number of rotatable bonds is 2. The Morgan fingerprint density at radius 1 is 1.06 bits per heavy atom. The summed E-state index contributed by atoms with van der Waals surface area (Å²) in [6, 6.07) is 12.8. The zero-order valence-corrected chi connectivity index (χ0v) is 8.55. The first-order chi connectivity index (χ1) is 7.68. The number of carbonyl (C=O) groups excluding carboxylic acids is 1. The molecule has 2 rings (SSSR count). The van der Waals surface area contributed by atoms with E-state index in [0.717, 1.165) is 5.56 Å². The van der Waals surface area contributed by atoms with E-state index in [2.05, 4.69) is 4.98 Å². The lowest BCUT2D eigenvalue weighted by atomic mass is 10.0. The van der Waals surface area contributed by atoms with Crippen LogP contribution in [0, 0.1) is 0 Å². The van der Waals surface area contributed by atoms with E-state index in [1.165, 1.54) is 0 Å². The molecule has 0 saturated heterocycles. The first-order valence-corrected chi connectivity index (χ1v) is 4.80. The molecule has 16 heavy (non-hydrogen) atoms. The van der Waals surface area contributed by atoms with Crippen molar-refractivity contribution in [3.05, 3.63) is 48.2 Å². The SMILES string of the molecule is NC(=O)c1nc(N)ccc1-c1ccccc1. The van der Waals surface area contributed by atoms with Crippen LogP contribution in [-0.4, -0.2) is 10.9 Å². The maximum atomic E-state index is 11.3. The fraction of sp³-hybridized carbons (Fsp3) is 0. The van der Waals surface area contributed by atoms with Gasteiger partial charge in [0.15, 0.2) is 0 Å². The van der Waals surface area contributed by atoms with Crippen LogP contribution in [0.5, 0.6) is 0 Å². The molecule has 0 fully saturated rings. The van der Waals surface area contributed by atoms with Crippen molar-refractivity contribution in [2.75, 3.05) is 5.73 Å². The molecule has 4 N–H and O–H groups in total. The highest BCUT2D eigenvalue weighted by Crippen LogP contribution is 2.22. The highest BCUT2D eigenvalue weighted by atomic mass is 16.1. The Morgan fingerprint density at radius 3 is 2.38 bits per heavy atom. The molecular formula is C12H11N3O. The number of benzene rings is 1. The van der Waals surface area contributed by atoms with Crippen LogP contribution in [0.4, 0.5) is 5.82 Å². The molecule has 1 aromatic carbocycles. The molecule has 1 amide bonds. The van der Waals surface area contributed by atoms with Crippen LogP contribution in [0.3, 0.4) is 0 Å². The van der Waals surface area contributed by atoms with E-state index in [4.69, 9.17) is 11.5 Å². The van der Waals surface area contributed by atoms with Gasteiger partial charge in [-0.3, -0.25) is 4.79 Å². The van der Waals surface area contributed by atoms with Crippen LogP contribution >= 0.6 is 0 Å². The standard InChI is InChI=1S/C12H11N3O/c13-10-7-6-9(11(15-10)12(14)16)8-4-2-1-3-5-8/h1-7H,(H2,13,15)(H2,14,16). The van der Waals surface area contributed by atoms with Gasteiger partial charge in [-0.05, 0) is 17.7 Å². The number of nitrogens with two attached hydrogens (primary N) is 2. The summed E-state index contributed by atoms with van der Waals surface area (Å²) in [5.74, 6) is -0.292. The van der Waals surface area contributed by atoms with Gasteiger partial charge < -0.3 is 11.5 Å². The molecule has 0 saturated carbocycles. The second-order valence-corrected chi connectivity index (χ2v) is 3.36. The molecule has 0 aliphatic carbocycles. The molecule has 0 aliphatic rings. The van der Waals surface area contributed by atoms with Gasteiger partial charge in [0.1, 0.15) is 11.5 Å². The van der Waals surface area contributed by atoms with Crippen molar-refractivity contribution in [2.24, 2.45) is 5.73 Å². The number of hydrogen-bond acceptors (Lipinski definition) is 3. The molecule has 0 spiro atoms. The molecule has 0 bridgehead atoms. The van der Waals surface area contributed by atoms with Crippen molar-refractivity contribution in [1.82, 2.24) is 4.98 Å². The van der Waals surface area contributed by atoms with Crippen molar-refractivity contribution in [1.29, 1.82) is 0 Å². The van der Waals surface area contributed by atoms with Crippen LogP contribution in [0.15, 0.2) is 42.5 Å². The van der Waals surface area contributed by atoms with Crippen molar-refractivity contribution >= 4 is 11.7 Å². The van der Waals surface area contributed by atoms with Crippen LogP contribution in [0.1, 0.15) is 10.5 Å². The lowest BCUT2D eigenvalue weighted by molar-refractivity contribution is 0.0996. The molecule has 0 radical (unpaired) electrons. The number of hydrogen-bond donors (Lipinski definition) is 2. The van der Waals surface area contributed by atoms with Crippen LogP contribution in [0.25, 0.3) is 11.1 Å². The largest absolute Gasteiger partial charge is 0.384 e. The molecule has 4 heteroatoms. The van der Waals surface area contributed by atoms with Crippen LogP contribution < -0.4 is 11.5 Å². The highest BCUT2D eigenvalue weighted by Gasteiger charge is 2.11. The van der Waals surface area contributed by atoms with Gasteiger partial charge in [0.05, 0.1) is 0 Å². The molecule has 2 aromatic rings. The molecule has 0 aliphatic heterocycles. The second-order valence-electron chi connectivity index (χ2n) is 3.36. The fourth-order valence-corrected chi connectivity index (χ4v) is 1.51. The zero-order chi connectivity index (χ0) is 11.5. The second kappa shape index (κ2) is 4.02. The van der Waals surface area contributed by atoms with Gasteiger partial charge in [0, 0.05) is 5.56 Å². The van der Waals surface area contributed by atoms with Crippen LogP contribution in [-0.2, 0) is 0 Å². The number of amides is 1. The summed E-state index contributed by atoms with van der Waals surface area (Å²) >= 11 is 0. The van der Waals surface area contributed by atoms with E-state index >= 15 is 0 Å². The third kappa shape index (κ3) is 1.86. The summed E-state index contributed by atoms with van der Waals surface area (Å²) in [7, 11) is 0. The number of primary amides is 1. The van der Waals surface area contributed by atoms with Crippen molar-refractivity contribution in [3.63, 3.8) is 0 Å². The molecule has 80 valence electrons. The first kappa shape index (κ1) is 10.2. The van der Waals surface area contributed by atoms with Gasteiger partial charge in [0.2, 0.25) is 0 Å². The van der Waals surface area contributed by atoms with Gasteiger partial charge in [-0.25, -0.2) is 4.98 Å². The average molecular weight is 213 g/mol. The predicted molar refractivity (Wildman–Crippen MR) is 62.6 cm³/mol. The quantitative estimate of drug-likeness (QED) is 0.791. The predicted octanol–water partition coefficient (Wildman–Crippen LogP) is 1.43. The van der Waals surface area contributed by atoms with Gasteiger partial charge in [-0.15, -0.1) is 0 Å². The van der Waals surface area contributed by atoms with Crippen molar-refractivity contribution in [2.45, 2.75) is 0 Å². The van der Waals surface area contributed by atoms with Gasteiger partial charge in [-0.1, -0.05) is 30.3 Å². The van der Waals surface area contributed by atoms with Gasteiger partial charge >= 0.3 is 0 Å². The van der Waals surface area contributed by atoms with Gasteiger partial charge in [-0.2, -0.15) is 0 Å². The molecule has 0 atom stereocenters. The summed E-state index contributed by atoms with van der Waals surface area (Å²) in [4.78, 5) is 15.2. The average Bonchev–Trinajstić information content (AvgIpc) is 2.30. The van der Waals surface area contributed by atoms with E-state index in [-0.39, 0.29) is 11.5 Å². The molecule has 1 aromatic heterocycles. The summed E-state index contributed by atoms with van der Waals surface area (Å²) in [5.41, 5.74) is 12.6. The van der Waals surface area contributed by atoms with Crippen molar-refractivity contribution < 1.29 is 4.79 Å². The Balaban J connectivity index is 2.61. The van der Waals surface area contributed by atoms with E-state index in [9.17, 15) is 4.79 Å². The number of nitrogens with zero attached hydrogens (tertiary/aromatic N) is 1.